The molecular formula is C13H9BrClFO. The molecule has 17 heavy (non-hydrogen) atoms. The molecule has 0 amide bonds. The molecule has 2 aromatic rings. The van der Waals surface area contributed by atoms with Gasteiger partial charge in [-0.1, -0.05) is 39.7 Å². The van der Waals surface area contributed by atoms with Gasteiger partial charge in [0, 0.05) is 9.50 Å². The van der Waals surface area contributed by atoms with Crippen LogP contribution in [0.2, 0.25) is 5.02 Å². The quantitative estimate of drug-likeness (QED) is 0.789. The summed E-state index contributed by atoms with van der Waals surface area (Å²) in [6, 6.07) is 11.6. The van der Waals surface area contributed by atoms with Crippen LogP contribution in [-0.4, -0.2) is 0 Å². The third kappa shape index (κ3) is 3.72. The van der Waals surface area contributed by atoms with Crippen LogP contribution in [0.5, 0.6) is 5.75 Å². The van der Waals surface area contributed by atoms with Crippen molar-refractivity contribution >= 4 is 27.5 Å². The van der Waals surface area contributed by atoms with Crippen LogP contribution in [0.25, 0.3) is 0 Å². The van der Waals surface area contributed by atoms with Gasteiger partial charge in [0.15, 0.2) is 0 Å². The molecule has 4 heteroatoms. The third-order valence-corrected chi connectivity index (χ3v) is 2.81. The summed E-state index contributed by atoms with van der Waals surface area (Å²) in [7, 11) is 0. The van der Waals surface area contributed by atoms with E-state index in [1.165, 1.54) is 12.1 Å². The molecule has 0 radical (unpaired) electrons. The standard InChI is InChI=1S/C13H9BrClFO/c14-10-5-11(15)7-13(6-10)17-8-9-2-1-3-12(16)4-9/h1-7H,8H2. The lowest BCUT2D eigenvalue weighted by Gasteiger charge is -2.07. The van der Waals surface area contributed by atoms with Crippen LogP contribution in [0.4, 0.5) is 4.39 Å². The van der Waals surface area contributed by atoms with Crippen molar-refractivity contribution in [3.05, 3.63) is 63.3 Å². The molecule has 0 atom stereocenters. The average molecular weight is 316 g/mol. The van der Waals surface area contributed by atoms with Crippen LogP contribution in [-0.2, 0) is 6.61 Å². The van der Waals surface area contributed by atoms with E-state index in [-0.39, 0.29) is 5.82 Å². The number of hydrogen-bond donors (Lipinski definition) is 0. The minimum absolute atomic E-state index is 0.265. The van der Waals surface area contributed by atoms with Gasteiger partial charge in [0.05, 0.1) is 0 Å². The Morgan fingerprint density at radius 3 is 2.71 bits per heavy atom. The highest BCUT2D eigenvalue weighted by Crippen LogP contribution is 2.25. The summed E-state index contributed by atoms with van der Waals surface area (Å²) in [6.07, 6.45) is 0. The van der Waals surface area contributed by atoms with Gasteiger partial charge >= 0.3 is 0 Å². The summed E-state index contributed by atoms with van der Waals surface area (Å²) in [5, 5.41) is 0.591. The first kappa shape index (κ1) is 12.4. The Balaban J connectivity index is 2.07. The van der Waals surface area contributed by atoms with Crippen molar-refractivity contribution in [2.45, 2.75) is 6.61 Å². The predicted molar refractivity (Wildman–Crippen MR) is 69.9 cm³/mol. The van der Waals surface area contributed by atoms with Gasteiger partial charge in [-0.25, -0.2) is 4.39 Å². The molecule has 88 valence electrons. The first-order valence-electron chi connectivity index (χ1n) is 4.97. The van der Waals surface area contributed by atoms with Crippen molar-refractivity contribution in [3.63, 3.8) is 0 Å². The van der Waals surface area contributed by atoms with Gasteiger partial charge < -0.3 is 4.74 Å². The van der Waals surface area contributed by atoms with Crippen LogP contribution < -0.4 is 4.74 Å². The van der Waals surface area contributed by atoms with E-state index in [2.05, 4.69) is 15.9 Å². The first-order chi connectivity index (χ1) is 8.13. The first-order valence-corrected chi connectivity index (χ1v) is 6.14. The number of halogens is 3. The third-order valence-electron chi connectivity index (χ3n) is 2.13. The second kappa shape index (κ2) is 5.52. The zero-order valence-electron chi connectivity index (χ0n) is 8.79. The summed E-state index contributed by atoms with van der Waals surface area (Å²) in [5.41, 5.74) is 0.779. The fourth-order valence-electron chi connectivity index (χ4n) is 1.41. The van der Waals surface area contributed by atoms with Gasteiger partial charge in [0.1, 0.15) is 18.2 Å². The monoisotopic (exact) mass is 314 g/mol. The second-order valence-electron chi connectivity index (χ2n) is 3.52. The van der Waals surface area contributed by atoms with Crippen LogP contribution in [0.15, 0.2) is 46.9 Å². The molecule has 2 aromatic carbocycles. The van der Waals surface area contributed by atoms with Crippen molar-refractivity contribution in [2.24, 2.45) is 0 Å². The molecule has 0 aliphatic carbocycles. The lowest BCUT2D eigenvalue weighted by atomic mass is 10.2. The number of rotatable bonds is 3. The number of ether oxygens (including phenoxy) is 1. The Morgan fingerprint density at radius 1 is 1.18 bits per heavy atom. The van der Waals surface area contributed by atoms with Gasteiger partial charge in [-0.15, -0.1) is 0 Å². The molecule has 0 heterocycles. The molecule has 0 saturated heterocycles. The highest BCUT2D eigenvalue weighted by molar-refractivity contribution is 9.10. The molecule has 0 aliphatic rings. The van der Waals surface area contributed by atoms with Crippen LogP contribution >= 0.6 is 27.5 Å². The highest BCUT2D eigenvalue weighted by atomic mass is 79.9. The maximum Gasteiger partial charge on any atom is 0.123 e. The Bertz CT molecular complexity index is 510. The average Bonchev–Trinajstić information content (AvgIpc) is 2.25. The topological polar surface area (TPSA) is 9.23 Å². The molecule has 0 fully saturated rings. The Labute approximate surface area is 112 Å². The predicted octanol–water partition coefficient (Wildman–Crippen LogP) is 4.82. The van der Waals surface area contributed by atoms with E-state index < -0.39 is 0 Å². The molecule has 0 saturated carbocycles. The number of benzene rings is 2. The van der Waals surface area contributed by atoms with Crippen LogP contribution in [0.3, 0.4) is 0 Å². The molecule has 0 unspecified atom stereocenters. The zero-order chi connectivity index (χ0) is 12.3. The minimum Gasteiger partial charge on any atom is -0.489 e. The van der Waals surface area contributed by atoms with Crippen molar-refractivity contribution < 1.29 is 9.13 Å². The summed E-state index contributed by atoms with van der Waals surface area (Å²) in [4.78, 5) is 0. The lowest BCUT2D eigenvalue weighted by molar-refractivity contribution is 0.305. The summed E-state index contributed by atoms with van der Waals surface area (Å²) in [6.45, 7) is 0.310. The second-order valence-corrected chi connectivity index (χ2v) is 4.88. The molecule has 0 spiro atoms. The van der Waals surface area contributed by atoms with Crippen LogP contribution in [0, 0.1) is 5.82 Å². The highest BCUT2D eigenvalue weighted by Gasteiger charge is 2.00. The Hall–Kier alpha value is -1.06. The minimum atomic E-state index is -0.265. The van der Waals surface area contributed by atoms with E-state index in [9.17, 15) is 4.39 Å². The Morgan fingerprint density at radius 2 is 2.00 bits per heavy atom. The normalized spacial score (nSPS) is 10.3. The van der Waals surface area contributed by atoms with Crippen molar-refractivity contribution in [1.82, 2.24) is 0 Å². The summed E-state index contributed by atoms with van der Waals surface area (Å²) < 4.78 is 19.3. The van der Waals surface area contributed by atoms with Gasteiger partial charge in [0.25, 0.3) is 0 Å². The lowest BCUT2D eigenvalue weighted by Crippen LogP contribution is -1.95. The van der Waals surface area contributed by atoms with E-state index >= 15 is 0 Å². The van der Waals surface area contributed by atoms with Gasteiger partial charge in [0.2, 0.25) is 0 Å². The zero-order valence-corrected chi connectivity index (χ0v) is 11.1. The molecule has 0 N–H and O–H groups in total. The van der Waals surface area contributed by atoms with Gasteiger partial charge in [-0.2, -0.15) is 0 Å². The fraction of sp³-hybridized carbons (Fsp3) is 0.0769. The maximum absolute atomic E-state index is 12.9. The van der Waals surface area contributed by atoms with Crippen LogP contribution in [0.1, 0.15) is 5.56 Å². The fourth-order valence-corrected chi connectivity index (χ4v) is 2.23. The molecule has 2 rings (SSSR count). The molecule has 0 aliphatic heterocycles. The largest absolute Gasteiger partial charge is 0.489 e. The summed E-state index contributed by atoms with van der Waals surface area (Å²) in [5.74, 6) is 0.381. The van der Waals surface area contributed by atoms with E-state index in [0.29, 0.717) is 17.4 Å². The molecule has 0 aromatic heterocycles. The van der Waals surface area contributed by atoms with Crippen molar-refractivity contribution in [1.29, 1.82) is 0 Å². The van der Waals surface area contributed by atoms with E-state index in [4.69, 9.17) is 16.3 Å². The van der Waals surface area contributed by atoms with E-state index in [0.717, 1.165) is 10.0 Å². The van der Waals surface area contributed by atoms with E-state index in [1.54, 1.807) is 18.2 Å². The maximum atomic E-state index is 12.9. The Kier molecular flexibility index (Phi) is 4.02. The number of hydrogen-bond acceptors (Lipinski definition) is 1. The van der Waals surface area contributed by atoms with Gasteiger partial charge in [-0.05, 0) is 35.9 Å². The van der Waals surface area contributed by atoms with Crippen molar-refractivity contribution in [2.75, 3.05) is 0 Å². The van der Waals surface area contributed by atoms with Gasteiger partial charge in [-0.3, -0.25) is 0 Å². The SMILES string of the molecule is Fc1cccc(COc2cc(Cl)cc(Br)c2)c1. The smallest absolute Gasteiger partial charge is 0.123 e. The van der Waals surface area contributed by atoms with E-state index in [1.807, 2.05) is 12.1 Å². The molecule has 0 bridgehead atoms. The molecular weight excluding hydrogens is 306 g/mol. The molecule has 1 nitrogen and oxygen atoms in total. The van der Waals surface area contributed by atoms with Crippen molar-refractivity contribution in [3.8, 4) is 5.75 Å². The summed E-state index contributed by atoms with van der Waals surface area (Å²) >= 11 is 9.21.